The first kappa shape index (κ1) is 17.7. The number of hydrogen-bond acceptors (Lipinski definition) is 3. The lowest BCUT2D eigenvalue weighted by Gasteiger charge is -2.26. The number of aromatic amines is 1. The summed E-state index contributed by atoms with van der Waals surface area (Å²) in [5.74, 6) is -0.00689. The van der Waals surface area contributed by atoms with Crippen molar-refractivity contribution in [2.75, 3.05) is 13.1 Å². The van der Waals surface area contributed by atoms with Crippen LogP contribution in [0.3, 0.4) is 0 Å². The normalized spacial score (nSPS) is 14.4. The summed E-state index contributed by atoms with van der Waals surface area (Å²) in [6.07, 6.45) is 0.910. The minimum Gasteiger partial charge on any atom is -0.357 e. The van der Waals surface area contributed by atoms with Crippen LogP contribution in [0.2, 0.25) is 10.0 Å². The molecule has 4 rings (SSSR count). The molecule has 0 radical (unpaired) electrons. The molecule has 0 aliphatic carbocycles. The van der Waals surface area contributed by atoms with Crippen LogP contribution in [-0.2, 0) is 17.8 Å². The third kappa shape index (κ3) is 3.86. The van der Waals surface area contributed by atoms with Gasteiger partial charge in [0.1, 0.15) is 0 Å². The second-order valence-corrected chi connectivity index (χ2v) is 8.07. The molecule has 0 atom stereocenters. The van der Waals surface area contributed by atoms with E-state index < -0.39 is 0 Å². The predicted octanol–water partition coefficient (Wildman–Crippen LogP) is 4.66. The summed E-state index contributed by atoms with van der Waals surface area (Å²) in [5.41, 5.74) is 3.59. The van der Waals surface area contributed by atoms with Gasteiger partial charge in [0.2, 0.25) is 5.91 Å². The molecule has 2 N–H and O–H groups in total. The lowest BCUT2D eigenvalue weighted by Crippen LogP contribution is -2.38. The van der Waals surface area contributed by atoms with Crippen molar-refractivity contribution in [3.05, 3.63) is 63.8 Å². The molecule has 1 aromatic heterocycles. The molecule has 134 valence electrons. The Morgan fingerprint density at radius 3 is 2.73 bits per heavy atom. The summed E-state index contributed by atoms with van der Waals surface area (Å²) in [6.45, 7) is 1.96. The molecule has 26 heavy (non-hydrogen) atoms. The van der Waals surface area contributed by atoms with E-state index in [0.29, 0.717) is 11.6 Å². The van der Waals surface area contributed by atoms with Crippen LogP contribution in [0.5, 0.6) is 0 Å². The number of aromatic nitrogens is 1. The second-order valence-electron chi connectivity index (χ2n) is 6.31. The highest BCUT2D eigenvalue weighted by molar-refractivity contribution is 7.98. The Bertz CT molecular complexity index is 955. The van der Waals surface area contributed by atoms with Crippen molar-refractivity contribution in [1.29, 1.82) is 0 Å². The number of nitrogens with one attached hydrogen (secondary N) is 2. The number of nitrogens with zero attached hydrogens (tertiary/aromatic N) is 1. The highest BCUT2D eigenvalue weighted by atomic mass is 35.5. The Morgan fingerprint density at radius 1 is 1.15 bits per heavy atom. The first-order valence-electron chi connectivity index (χ1n) is 8.31. The molecule has 1 amide bonds. The highest BCUT2D eigenvalue weighted by Crippen LogP contribution is 2.29. The van der Waals surface area contributed by atoms with Gasteiger partial charge in [-0.05, 0) is 66.4 Å². The van der Waals surface area contributed by atoms with E-state index in [0.717, 1.165) is 34.9 Å². The van der Waals surface area contributed by atoms with Crippen molar-refractivity contribution in [2.24, 2.45) is 0 Å². The highest BCUT2D eigenvalue weighted by Gasteiger charge is 2.22. The molecule has 0 fully saturated rings. The first-order chi connectivity index (χ1) is 12.6. The van der Waals surface area contributed by atoms with Crippen LogP contribution >= 0.6 is 35.1 Å². The number of halogens is 2. The molecule has 2 heterocycles. The molecule has 3 aromatic rings. The fraction of sp³-hybridized carbons (Fsp3) is 0.211. The number of carbonyl (C=O) groups excluding carboxylic acids is 1. The van der Waals surface area contributed by atoms with Crippen LogP contribution in [0.1, 0.15) is 11.3 Å². The Balaban J connectivity index is 1.37. The zero-order valence-electron chi connectivity index (χ0n) is 13.9. The lowest BCUT2D eigenvalue weighted by atomic mass is 10.0. The third-order valence-corrected chi connectivity index (χ3v) is 5.80. The topological polar surface area (TPSA) is 48.1 Å². The maximum absolute atomic E-state index is 12.3. The SMILES string of the molecule is O=C(CN1CCc2c([nH]c3ccc(Cl)cc23)C1)NSc1ccc(Cl)cc1. The molecule has 0 spiro atoms. The monoisotopic (exact) mass is 405 g/mol. The Kier molecular flexibility index (Phi) is 5.14. The largest absolute Gasteiger partial charge is 0.357 e. The van der Waals surface area contributed by atoms with Crippen molar-refractivity contribution in [3.8, 4) is 0 Å². The maximum Gasteiger partial charge on any atom is 0.244 e. The molecule has 4 nitrogen and oxygen atoms in total. The fourth-order valence-corrected chi connectivity index (χ4v) is 4.12. The molecule has 0 saturated heterocycles. The summed E-state index contributed by atoms with van der Waals surface area (Å²) in [6, 6.07) is 13.3. The van der Waals surface area contributed by atoms with E-state index in [9.17, 15) is 4.79 Å². The van der Waals surface area contributed by atoms with Crippen molar-refractivity contribution >= 4 is 52.0 Å². The van der Waals surface area contributed by atoms with Gasteiger partial charge < -0.3 is 4.98 Å². The van der Waals surface area contributed by atoms with Gasteiger partial charge in [-0.25, -0.2) is 0 Å². The average Bonchev–Trinajstić information content (AvgIpc) is 2.98. The van der Waals surface area contributed by atoms with Gasteiger partial charge in [0.25, 0.3) is 0 Å². The number of H-pyrrole nitrogens is 1. The Morgan fingerprint density at radius 2 is 1.92 bits per heavy atom. The Hall–Kier alpha value is -1.66. The fourth-order valence-electron chi connectivity index (χ4n) is 3.26. The molecule has 1 aliphatic heterocycles. The van der Waals surface area contributed by atoms with Crippen LogP contribution in [-0.4, -0.2) is 28.9 Å². The van der Waals surface area contributed by atoms with Gasteiger partial charge in [0, 0.05) is 44.6 Å². The summed E-state index contributed by atoms with van der Waals surface area (Å²) >= 11 is 13.3. The van der Waals surface area contributed by atoms with E-state index in [-0.39, 0.29) is 5.91 Å². The standard InChI is InChI=1S/C19H17Cl2N3OS/c20-12-1-4-14(5-2-12)26-23-19(25)11-24-8-7-15-16-9-13(21)3-6-17(16)22-18(15)10-24/h1-6,9,22H,7-8,10-11H2,(H,23,25). The number of benzene rings is 2. The van der Waals surface area contributed by atoms with Crippen molar-refractivity contribution in [2.45, 2.75) is 17.9 Å². The van der Waals surface area contributed by atoms with Crippen molar-refractivity contribution in [1.82, 2.24) is 14.6 Å². The van der Waals surface area contributed by atoms with Crippen molar-refractivity contribution < 1.29 is 4.79 Å². The molecular formula is C19H17Cl2N3OS. The number of carbonyl (C=O) groups is 1. The summed E-state index contributed by atoms with van der Waals surface area (Å²) in [5, 5.41) is 2.62. The van der Waals surface area contributed by atoms with E-state index in [1.807, 2.05) is 42.5 Å². The van der Waals surface area contributed by atoms with Crippen LogP contribution in [0, 0.1) is 0 Å². The summed E-state index contributed by atoms with van der Waals surface area (Å²) < 4.78 is 2.89. The quantitative estimate of drug-likeness (QED) is 0.620. The average molecular weight is 406 g/mol. The van der Waals surface area contributed by atoms with E-state index in [1.54, 1.807) is 0 Å². The van der Waals surface area contributed by atoms with Gasteiger partial charge in [-0.3, -0.25) is 14.4 Å². The molecule has 0 saturated carbocycles. The van der Waals surface area contributed by atoms with Gasteiger partial charge in [-0.1, -0.05) is 23.2 Å². The van der Waals surface area contributed by atoms with Gasteiger partial charge >= 0.3 is 0 Å². The van der Waals surface area contributed by atoms with Crippen LogP contribution in [0.4, 0.5) is 0 Å². The van der Waals surface area contributed by atoms with Gasteiger partial charge in [-0.15, -0.1) is 0 Å². The zero-order chi connectivity index (χ0) is 18.1. The van der Waals surface area contributed by atoms with E-state index in [1.165, 1.54) is 28.6 Å². The second kappa shape index (κ2) is 7.53. The lowest BCUT2D eigenvalue weighted by molar-refractivity contribution is -0.120. The predicted molar refractivity (Wildman–Crippen MR) is 108 cm³/mol. The number of rotatable bonds is 4. The molecule has 0 bridgehead atoms. The van der Waals surface area contributed by atoms with Crippen LogP contribution in [0.15, 0.2) is 47.4 Å². The summed E-state index contributed by atoms with van der Waals surface area (Å²) in [7, 11) is 0. The van der Waals surface area contributed by atoms with E-state index in [2.05, 4.69) is 14.6 Å². The van der Waals surface area contributed by atoms with E-state index in [4.69, 9.17) is 23.2 Å². The smallest absolute Gasteiger partial charge is 0.244 e. The number of amides is 1. The number of hydrogen-bond donors (Lipinski definition) is 2. The zero-order valence-corrected chi connectivity index (χ0v) is 16.2. The Labute approximate surface area is 166 Å². The van der Waals surface area contributed by atoms with Gasteiger partial charge in [-0.2, -0.15) is 0 Å². The minimum atomic E-state index is -0.00689. The van der Waals surface area contributed by atoms with Crippen LogP contribution in [0.25, 0.3) is 10.9 Å². The molecular weight excluding hydrogens is 389 g/mol. The first-order valence-corrected chi connectivity index (χ1v) is 9.88. The van der Waals surface area contributed by atoms with Crippen molar-refractivity contribution in [3.63, 3.8) is 0 Å². The minimum absolute atomic E-state index is 0.00689. The molecule has 7 heteroatoms. The van der Waals surface area contributed by atoms with Gasteiger partial charge in [0.15, 0.2) is 0 Å². The van der Waals surface area contributed by atoms with Gasteiger partial charge in [0.05, 0.1) is 6.54 Å². The van der Waals surface area contributed by atoms with Crippen LogP contribution < -0.4 is 4.72 Å². The molecule has 2 aromatic carbocycles. The summed E-state index contributed by atoms with van der Waals surface area (Å²) in [4.78, 5) is 18.8. The maximum atomic E-state index is 12.3. The van der Waals surface area contributed by atoms with E-state index >= 15 is 0 Å². The molecule has 1 aliphatic rings. The third-order valence-electron chi connectivity index (χ3n) is 4.48. The number of fused-ring (bicyclic) bond motifs is 3. The molecule has 0 unspecified atom stereocenters.